The molecule has 2 aliphatic rings. The number of nitrogens with zero attached hydrogens (tertiary/aromatic N) is 4. The molecular weight excluding hydrogens is 432 g/mol. The van der Waals surface area contributed by atoms with Gasteiger partial charge in [-0.1, -0.05) is 6.92 Å². The third-order valence-corrected chi connectivity index (χ3v) is 5.47. The summed E-state index contributed by atoms with van der Waals surface area (Å²) in [5.74, 6) is -3.03. The molecular formula is C20H22F4N6O2. The highest BCUT2D eigenvalue weighted by atomic mass is 19.3. The van der Waals surface area contributed by atoms with E-state index in [1.165, 1.54) is 13.0 Å². The molecule has 0 radical (unpaired) electrons. The zero-order valence-corrected chi connectivity index (χ0v) is 17.4. The van der Waals surface area contributed by atoms with Gasteiger partial charge in [0.25, 0.3) is 12.3 Å². The summed E-state index contributed by atoms with van der Waals surface area (Å²) in [6, 6.07) is 2.57. The number of pyridine rings is 1. The Kier molecular flexibility index (Phi) is 5.89. The van der Waals surface area contributed by atoms with Gasteiger partial charge >= 0.3 is 6.09 Å². The first-order valence-corrected chi connectivity index (χ1v) is 10.2. The van der Waals surface area contributed by atoms with E-state index >= 15 is 0 Å². The van der Waals surface area contributed by atoms with E-state index in [-0.39, 0.29) is 34.4 Å². The van der Waals surface area contributed by atoms with E-state index in [1.807, 2.05) is 11.8 Å². The summed E-state index contributed by atoms with van der Waals surface area (Å²) in [5, 5.41) is 5.52. The van der Waals surface area contributed by atoms with Crippen LogP contribution in [0.2, 0.25) is 0 Å². The Balaban J connectivity index is 1.89. The Morgan fingerprint density at radius 3 is 2.78 bits per heavy atom. The Labute approximate surface area is 181 Å². The van der Waals surface area contributed by atoms with Crippen LogP contribution >= 0.6 is 0 Å². The number of carbonyl (C=O) groups is 1. The van der Waals surface area contributed by atoms with Gasteiger partial charge in [0.15, 0.2) is 6.10 Å². The fraction of sp³-hybridized carbons (Fsp3) is 0.500. The second kappa shape index (κ2) is 8.49. The highest BCUT2D eigenvalue weighted by molar-refractivity contribution is 5.88. The molecule has 1 saturated heterocycles. The van der Waals surface area contributed by atoms with Crippen molar-refractivity contribution < 1.29 is 27.1 Å². The lowest BCUT2D eigenvalue weighted by molar-refractivity contribution is -0.0170. The fourth-order valence-electron chi connectivity index (χ4n) is 3.80. The van der Waals surface area contributed by atoms with Crippen molar-refractivity contribution in [3.8, 4) is 11.4 Å². The quantitative estimate of drug-likeness (QED) is 0.666. The lowest BCUT2D eigenvalue weighted by Gasteiger charge is -2.33. The third kappa shape index (κ3) is 4.18. The van der Waals surface area contributed by atoms with Crippen LogP contribution in [0.15, 0.2) is 18.5 Å². The minimum Gasteiger partial charge on any atom is -0.435 e. The van der Waals surface area contributed by atoms with E-state index in [0.717, 1.165) is 12.4 Å². The van der Waals surface area contributed by atoms with E-state index < -0.39 is 31.0 Å². The molecule has 1 amide bonds. The Morgan fingerprint density at radius 1 is 1.31 bits per heavy atom. The number of hydrogen-bond acceptors (Lipinski definition) is 7. The highest BCUT2D eigenvalue weighted by Crippen LogP contribution is 2.41. The average Bonchev–Trinajstić information content (AvgIpc) is 2.77. The lowest BCUT2D eigenvalue weighted by Crippen LogP contribution is -2.49. The maximum absolute atomic E-state index is 14.7. The Hall–Kier alpha value is -3.02. The van der Waals surface area contributed by atoms with Gasteiger partial charge in [0.2, 0.25) is 0 Å². The number of amides is 1. The van der Waals surface area contributed by atoms with Crippen molar-refractivity contribution in [2.24, 2.45) is 0 Å². The molecule has 2 N–H and O–H groups in total. The van der Waals surface area contributed by atoms with Crippen LogP contribution in [0, 0.1) is 0 Å². The molecule has 0 unspecified atom stereocenters. The Bertz CT molecular complexity index is 1020. The van der Waals surface area contributed by atoms with Gasteiger partial charge in [-0.15, -0.1) is 0 Å². The SMILES string of the molecule is CCC(F)(F)c1cc(-c2ncnc3c2[C@H](C(F)F)OC(=O)N3)nc(N2CCN[C@@H](C)C2)c1. The molecule has 0 saturated carbocycles. The molecule has 12 heteroatoms. The minimum atomic E-state index is -3.16. The number of halogens is 4. The molecule has 4 rings (SSSR count). The van der Waals surface area contributed by atoms with Crippen LogP contribution in [-0.2, 0) is 10.7 Å². The number of anilines is 2. The zero-order chi connectivity index (χ0) is 23.0. The molecule has 32 heavy (non-hydrogen) atoms. The Morgan fingerprint density at radius 2 is 2.09 bits per heavy atom. The monoisotopic (exact) mass is 454 g/mol. The number of rotatable bonds is 5. The van der Waals surface area contributed by atoms with E-state index in [2.05, 4.69) is 25.6 Å². The second-order valence-electron chi connectivity index (χ2n) is 7.73. The van der Waals surface area contributed by atoms with E-state index in [9.17, 15) is 22.4 Å². The number of carbonyl (C=O) groups excluding carboxylic acids is 1. The number of hydrogen-bond donors (Lipinski definition) is 2. The van der Waals surface area contributed by atoms with Crippen LogP contribution in [0.1, 0.15) is 37.5 Å². The highest BCUT2D eigenvalue weighted by Gasteiger charge is 2.38. The first-order chi connectivity index (χ1) is 15.2. The summed E-state index contributed by atoms with van der Waals surface area (Å²) < 4.78 is 61.5. The molecule has 0 spiro atoms. The van der Waals surface area contributed by atoms with Crippen molar-refractivity contribution in [3.63, 3.8) is 0 Å². The van der Waals surface area contributed by atoms with Crippen LogP contribution in [-0.4, -0.2) is 53.1 Å². The van der Waals surface area contributed by atoms with E-state index in [4.69, 9.17) is 4.74 Å². The largest absolute Gasteiger partial charge is 0.435 e. The van der Waals surface area contributed by atoms with Crippen molar-refractivity contribution in [1.29, 1.82) is 0 Å². The van der Waals surface area contributed by atoms with Crippen molar-refractivity contribution >= 4 is 17.7 Å². The summed E-state index contributed by atoms with van der Waals surface area (Å²) in [7, 11) is 0. The molecule has 1 fully saturated rings. The first kappa shape index (κ1) is 22.2. The third-order valence-electron chi connectivity index (χ3n) is 5.47. The number of ether oxygens (including phenoxy) is 1. The molecule has 2 aromatic heterocycles. The van der Waals surface area contributed by atoms with Crippen LogP contribution in [0.4, 0.5) is 34.0 Å². The topological polar surface area (TPSA) is 92.3 Å². The molecule has 8 nitrogen and oxygen atoms in total. The molecule has 172 valence electrons. The summed E-state index contributed by atoms with van der Waals surface area (Å²) in [5.41, 5.74) is -0.626. The molecule has 2 aromatic rings. The minimum absolute atomic E-state index is 0.0270. The number of cyclic esters (lactones) is 1. The normalized spacial score (nSPS) is 21.2. The molecule has 0 bridgehead atoms. The van der Waals surface area contributed by atoms with Crippen molar-refractivity contribution in [1.82, 2.24) is 20.3 Å². The standard InChI is InChI=1S/C20H22F4N6O2/c1-3-20(23,24)11-6-12(28-13(7-11)30-5-4-25-10(2)8-30)15-14-16(17(21)22)32-19(31)29-18(14)27-9-26-15/h6-7,9-10,16-17,25H,3-5,8H2,1-2H3,(H,26,27,29,31)/t10-,16+/m0/s1. The van der Waals surface area contributed by atoms with Gasteiger partial charge < -0.3 is 15.0 Å². The van der Waals surface area contributed by atoms with E-state index in [1.54, 1.807) is 0 Å². The van der Waals surface area contributed by atoms with Gasteiger partial charge in [-0.05, 0) is 19.1 Å². The summed E-state index contributed by atoms with van der Waals surface area (Å²) >= 11 is 0. The number of piperazine rings is 1. The fourth-order valence-corrected chi connectivity index (χ4v) is 3.80. The lowest BCUT2D eigenvalue weighted by atomic mass is 10.0. The van der Waals surface area contributed by atoms with Crippen molar-refractivity contribution in [2.75, 3.05) is 29.9 Å². The molecule has 4 heterocycles. The average molecular weight is 454 g/mol. The predicted octanol–water partition coefficient (Wildman–Crippen LogP) is 3.71. The number of fused-ring (bicyclic) bond motifs is 1. The molecule has 2 aliphatic heterocycles. The van der Waals surface area contributed by atoms with Crippen molar-refractivity contribution in [3.05, 3.63) is 29.6 Å². The van der Waals surface area contributed by atoms with Gasteiger partial charge in [0.05, 0.1) is 11.3 Å². The van der Waals surface area contributed by atoms with Crippen LogP contribution in [0.5, 0.6) is 0 Å². The number of aromatic nitrogens is 3. The first-order valence-electron chi connectivity index (χ1n) is 10.2. The van der Waals surface area contributed by atoms with Crippen LogP contribution < -0.4 is 15.5 Å². The summed E-state index contributed by atoms with van der Waals surface area (Å²) in [6.45, 7) is 5.04. The van der Waals surface area contributed by atoms with Gasteiger partial charge in [-0.25, -0.2) is 37.3 Å². The molecule has 0 aliphatic carbocycles. The molecule has 2 atom stereocenters. The number of alkyl halides is 4. The summed E-state index contributed by atoms with van der Waals surface area (Å²) in [6.07, 6.45) is -5.49. The van der Waals surface area contributed by atoms with Gasteiger partial charge in [0.1, 0.15) is 23.7 Å². The van der Waals surface area contributed by atoms with Gasteiger partial charge in [-0.3, -0.25) is 5.32 Å². The molecule has 0 aromatic carbocycles. The second-order valence-corrected chi connectivity index (χ2v) is 7.73. The predicted molar refractivity (Wildman–Crippen MR) is 108 cm³/mol. The van der Waals surface area contributed by atoms with Crippen LogP contribution in [0.3, 0.4) is 0 Å². The smallest absolute Gasteiger partial charge is 0.413 e. The summed E-state index contributed by atoms with van der Waals surface area (Å²) in [4.78, 5) is 25.9. The van der Waals surface area contributed by atoms with Gasteiger partial charge in [0, 0.05) is 37.7 Å². The van der Waals surface area contributed by atoms with Crippen molar-refractivity contribution in [2.45, 2.75) is 44.8 Å². The van der Waals surface area contributed by atoms with E-state index in [0.29, 0.717) is 25.5 Å². The van der Waals surface area contributed by atoms with Crippen LogP contribution in [0.25, 0.3) is 11.4 Å². The zero-order valence-electron chi connectivity index (χ0n) is 17.4. The number of nitrogens with one attached hydrogen (secondary N) is 2. The maximum atomic E-state index is 14.7. The van der Waals surface area contributed by atoms with Gasteiger partial charge in [-0.2, -0.15) is 0 Å². The maximum Gasteiger partial charge on any atom is 0.413 e.